The summed E-state index contributed by atoms with van der Waals surface area (Å²) in [6.45, 7) is 1.95. The van der Waals surface area contributed by atoms with E-state index in [1.54, 1.807) is 12.1 Å². The van der Waals surface area contributed by atoms with Crippen molar-refractivity contribution in [2.24, 2.45) is 0 Å². The second-order valence-electron chi connectivity index (χ2n) is 4.22. The molecule has 2 amide bonds. The molecule has 1 saturated heterocycles. The van der Waals surface area contributed by atoms with Gasteiger partial charge >= 0.3 is 12.0 Å². The van der Waals surface area contributed by atoms with Crippen LogP contribution in [0.4, 0.5) is 10.5 Å². The molecule has 2 rings (SSSR count). The van der Waals surface area contributed by atoms with E-state index in [2.05, 4.69) is 21.2 Å². The minimum absolute atomic E-state index is 0.381. The summed E-state index contributed by atoms with van der Waals surface area (Å²) in [7, 11) is 0. The van der Waals surface area contributed by atoms with Crippen LogP contribution in [0.2, 0.25) is 0 Å². The van der Waals surface area contributed by atoms with Crippen molar-refractivity contribution < 1.29 is 14.7 Å². The fourth-order valence-electron chi connectivity index (χ4n) is 1.71. The van der Waals surface area contributed by atoms with Crippen molar-refractivity contribution in [3.8, 4) is 0 Å². The van der Waals surface area contributed by atoms with Gasteiger partial charge in [-0.1, -0.05) is 22.0 Å². The lowest BCUT2D eigenvalue weighted by Gasteiger charge is -2.21. The van der Waals surface area contributed by atoms with Crippen molar-refractivity contribution >= 4 is 45.4 Å². The molecule has 102 valence electrons. The summed E-state index contributed by atoms with van der Waals surface area (Å²) in [5.41, 5.74) is 1.71. The Morgan fingerprint density at radius 1 is 1.53 bits per heavy atom. The van der Waals surface area contributed by atoms with Gasteiger partial charge < -0.3 is 15.3 Å². The van der Waals surface area contributed by atoms with Crippen molar-refractivity contribution in [3.05, 3.63) is 28.2 Å². The molecular formula is C12H13BrN2O3S. The number of carboxylic acid groups (broad SMARTS) is 1. The quantitative estimate of drug-likeness (QED) is 0.865. The Hall–Kier alpha value is -1.21. The predicted octanol–water partition coefficient (Wildman–Crippen LogP) is 2.75. The number of nitrogens with one attached hydrogen (secondary N) is 1. The van der Waals surface area contributed by atoms with Crippen LogP contribution in [-0.2, 0) is 4.79 Å². The fraction of sp³-hybridized carbons (Fsp3) is 0.333. The zero-order valence-corrected chi connectivity index (χ0v) is 12.6. The monoisotopic (exact) mass is 344 g/mol. The van der Waals surface area contributed by atoms with E-state index in [0.29, 0.717) is 17.3 Å². The highest BCUT2D eigenvalue weighted by Crippen LogP contribution is 2.24. The number of amides is 2. The lowest BCUT2D eigenvalue weighted by Crippen LogP contribution is -2.43. The first-order valence-electron chi connectivity index (χ1n) is 5.63. The number of carboxylic acids is 1. The molecule has 1 aromatic rings. The number of rotatable bonds is 2. The van der Waals surface area contributed by atoms with Crippen LogP contribution < -0.4 is 5.32 Å². The highest BCUT2D eigenvalue weighted by Gasteiger charge is 2.34. The normalized spacial score (nSPS) is 18.4. The van der Waals surface area contributed by atoms with Gasteiger partial charge in [-0.25, -0.2) is 9.59 Å². The van der Waals surface area contributed by atoms with Gasteiger partial charge in [-0.15, -0.1) is 11.8 Å². The molecule has 1 atom stereocenters. The zero-order valence-electron chi connectivity index (χ0n) is 10.2. The third-order valence-corrected chi connectivity index (χ3v) is 4.72. The SMILES string of the molecule is Cc1ccc(NC(=O)N2CSCC2C(=O)O)cc1Br. The Bertz CT molecular complexity index is 524. The number of aryl methyl sites for hydroxylation is 1. The van der Waals surface area contributed by atoms with Crippen LogP contribution in [-0.4, -0.2) is 39.7 Å². The number of halogens is 1. The molecule has 1 aliphatic rings. The number of hydrogen-bond donors (Lipinski definition) is 2. The summed E-state index contributed by atoms with van der Waals surface area (Å²) >= 11 is 4.83. The average molecular weight is 345 g/mol. The summed E-state index contributed by atoms with van der Waals surface area (Å²) < 4.78 is 0.899. The zero-order chi connectivity index (χ0) is 14.0. The average Bonchev–Trinajstić information content (AvgIpc) is 2.83. The van der Waals surface area contributed by atoms with Gasteiger partial charge in [-0.2, -0.15) is 0 Å². The summed E-state index contributed by atoms with van der Waals surface area (Å²) in [5, 5.41) is 11.8. The van der Waals surface area contributed by atoms with Crippen LogP contribution in [0.3, 0.4) is 0 Å². The number of nitrogens with zero attached hydrogens (tertiary/aromatic N) is 1. The van der Waals surface area contributed by atoms with Crippen molar-refractivity contribution in [2.45, 2.75) is 13.0 Å². The van der Waals surface area contributed by atoms with Crippen LogP contribution >= 0.6 is 27.7 Å². The van der Waals surface area contributed by atoms with Crippen LogP contribution in [0.25, 0.3) is 0 Å². The summed E-state index contributed by atoms with van der Waals surface area (Å²) in [6, 6.07) is 4.34. The summed E-state index contributed by atoms with van der Waals surface area (Å²) in [4.78, 5) is 24.4. The second kappa shape index (κ2) is 5.83. The van der Waals surface area contributed by atoms with Crippen LogP contribution in [0, 0.1) is 6.92 Å². The first kappa shape index (κ1) is 14.2. The highest BCUT2D eigenvalue weighted by atomic mass is 79.9. The van der Waals surface area contributed by atoms with Crippen LogP contribution in [0.1, 0.15) is 5.56 Å². The van der Waals surface area contributed by atoms with E-state index in [1.807, 2.05) is 13.0 Å². The molecule has 1 aliphatic heterocycles. The van der Waals surface area contributed by atoms with Gasteiger partial charge in [-0.05, 0) is 24.6 Å². The molecule has 5 nitrogen and oxygen atoms in total. The van der Waals surface area contributed by atoms with E-state index >= 15 is 0 Å². The topological polar surface area (TPSA) is 69.6 Å². The Kier molecular flexibility index (Phi) is 4.36. The van der Waals surface area contributed by atoms with Gasteiger partial charge in [0, 0.05) is 15.9 Å². The number of urea groups is 1. The number of carbonyl (C=O) groups is 2. The summed E-state index contributed by atoms with van der Waals surface area (Å²) in [5.74, 6) is -0.138. The smallest absolute Gasteiger partial charge is 0.327 e. The third-order valence-electron chi connectivity index (χ3n) is 2.85. The molecule has 2 N–H and O–H groups in total. The van der Waals surface area contributed by atoms with Crippen molar-refractivity contribution in [1.82, 2.24) is 4.90 Å². The maximum atomic E-state index is 12.0. The first-order valence-corrected chi connectivity index (χ1v) is 7.58. The largest absolute Gasteiger partial charge is 0.480 e. The van der Waals surface area contributed by atoms with E-state index in [1.165, 1.54) is 16.7 Å². The van der Waals surface area contributed by atoms with E-state index in [-0.39, 0.29) is 6.03 Å². The molecule has 0 aliphatic carbocycles. The van der Waals surface area contributed by atoms with E-state index < -0.39 is 12.0 Å². The molecule has 1 unspecified atom stereocenters. The van der Waals surface area contributed by atoms with Gasteiger partial charge in [0.25, 0.3) is 0 Å². The Morgan fingerprint density at radius 3 is 2.89 bits per heavy atom. The molecule has 0 bridgehead atoms. The molecule has 0 aromatic heterocycles. The van der Waals surface area contributed by atoms with Crippen molar-refractivity contribution in [2.75, 3.05) is 16.9 Å². The molecular weight excluding hydrogens is 332 g/mol. The standard InChI is InChI=1S/C12H13BrN2O3S/c1-7-2-3-8(4-9(7)13)14-12(18)15-6-19-5-10(15)11(16)17/h2-4,10H,5-6H2,1H3,(H,14,18)(H,16,17). The Labute approximate surface area is 123 Å². The number of hydrogen-bond acceptors (Lipinski definition) is 3. The maximum Gasteiger partial charge on any atom is 0.327 e. The highest BCUT2D eigenvalue weighted by molar-refractivity contribution is 9.10. The van der Waals surface area contributed by atoms with E-state index in [0.717, 1.165) is 10.0 Å². The first-order chi connectivity index (χ1) is 8.99. The number of anilines is 1. The molecule has 0 radical (unpaired) electrons. The van der Waals surface area contributed by atoms with Gasteiger partial charge in [0.2, 0.25) is 0 Å². The molecule has 1 heterocycles. The van der Waals surface area contributed by atoms with E-state index in [9.17, 15) is 9.59 Å². The predicted molar refractivity (Wildman–Crippen MR) is 78.5 cm³/mol. The maximum absolute atomic E-state index is 12.0. The number of aliphatic carboxylic acids is 1. The van der Waals surface area contributed by atoms with Crippen LogP contribution in [0.5, 0.6) is 0 Å². The third kappa shape index (κ3) is 3.22. The lowest BCUT2D eigenvalue weighted by molar-refractivity contribution is -0.140. The minimum atomic E-state index is -0.967. The summed E-state index contributed by atoms with van der Waals surface area (Å²) in [6.07, 6.45) is 0. The molecule has 19 heavy (non-hydrogen) atoms. The van der Waals surface area contributed by atoms with Gasteiger partial charge in [0.05, 0.1) is 5.88 Å². The van der Waals surface area contributed by atoms with Gasteiger partial charge in [0.15, 0.2) is 0 Å². The minimum Gasteiger partial charge on any atom is -0.480 e. The van der Waals surface area contributed by atoms with Crippen molar-refractivity contribution in [1.29, 1.82) is 0 Å². The number of benzene rings is 1. The Balaban J connectivity index is 2.08. The lowest BCUT2D eigenvalue weighted by atomic mass is 10.2. The van der Waals surface area contributed by atoms with E-state index in [4.69, 9.17) is 5.11 Å². The van der Waals surface area contributed by atoms with Crippen molar-refractivity contribution in [3.63, 3.8) is 0 Å². The fourth-order valence-corrected chi connectivity index (χ4v) is 3.24. The molecule has 7 heteroatoms. The van der Waals surface area contributed by atoms with Gasteiger partial charge in [-0.3, -0.25) is 0 Å². The molecule has 0 saturated carbocycles. The molecule has 1 aromatic carbocycles. The van der Waals surface area contributed by atoms with Crippen LogP contribution in [0.15, 0.2) is 22.7 Å². The number of thioether (sulfide) groups is 1. The second-order valence-corrected chi connectivity index (χ2v) is 6.07. The Morgan fingerprint density at radius 2 is 2.26 bits per heavy atom. The number of carbonyl (C=O) groups excluding carboxylic acids is 1. The van der Waals surface area contributed by atoms with Gasteiger partial charge in [0.1, 0.15) is 6.04 Å². The molecule has 1 fully saturated rings. The molecule has 0 spiro atoms.